The molecule has 1 aromatic heterocycles. The van der Waals surface area contributed by atoms with Crippen LogP contribution in [0.3, 0.4) is 0 Å². The van der Waals surface area contributed by atoms with E-state index in [2.05, 4.69) is 9.72 Å². The van der Waals surface area contributed by atoms with Crippen molar-refractivity contribution in [3.05, 3.63) is 64.3 Å². The van der Waals surface area contributed by atoms with Gasteiger partial charge in [0.2, 0.25) is 5.78 Å². The lowest BCUT2D eigenvalue weighted by Gasteiger charge is -2.11. The fourth-order valence-corrected chi connectivity index (χ4v) is 3.01. The topological polar surface area (TPSA) is 79.4 Å². The lowest BCUT2D eigenvalue weighted by Crippen LogP contribution is -2.17. The van der Waals surface area contributed by atoms with Gasteiger partial charge in [-0.05, 0) is 49.4 Å². The molecular weight excluding hydrogens is 399 g/mol. The first-order valence-electron chi connectivity index (χ1n) is 8.01. The monoisotopic (exact) mass is 411 g/mol. The summed E-state index contributed by atoms with van der Waals surface area (Å²) >= 11 is 5.82. The molecule has 1 atom stereocenters. The number of hydrogen-bond donors (Lipinski definition) is 2. The van der Waals surface area contributed by atoms with E-state index in [9.17, 15) is 27.9 Å². The minimum atomic E-state index is -4.90. The van der Waals surface area contributed by atoms with Crippen LogP contribution in [0.5, 0.6) is 5.75 Å². The molecule has 0 amide bonds. The van der Waals surface area contributed by atoms with Crippen LogP contribution in [0.1, 0.15) is 34.5 Å². The number of halogens is 4. The molecule has 2 N–H and O–H groups in total. The van der Waals surface area contributed by atoms with E-state index in [-0.39, 0.29) is 22.2 Å². The summed E-state index contributed by atoms with van der Waals surface area (Å²) in [6.07, 6.45) is -4.90. The molecule has 0 radical (unpaired) electrons. The summed E-state index contributed by atoms with van der Waals surface area (Å²) in [6, 6.07) is 9.41. The summed E-state index contributed by atoms with van der Waals surface area (Å²) in [5.74, 6) is -3.40. The zero-order valence-electron chi connectivity index (χ0n) is 14.3. The third-order valence-corrected chi connectivity index (χ3v) is 4.43. The second-order valence-electron chi connectivity index (χ2n) is 6.06. The van der Waals surface area contributed by atoms with E-state index in [0.717, 1.165) is 12.1 Å². The minimum absolute atomic E-state index is 0.0172. The standard InChI is InChI=1S/C19H13ClF3NO4/c1-9(18(26)27)15-13-8-12(28-19(21,22)23)6-7-14(13)24-16(15)17(25)10-2-4-11(20)5-3-10/h2-9,24H,1H3,(H,26,27). The van der Waals surface area contributed by atoms with Gasteiger partial charge in [-0.25, -0.2) is 0 Å². The van der Waals surface area contributed by atoms with Gasteiger partial charge >= 0.3 is 12.3 Å². The Morgan fingerprint density at radius 3 is 2.36 bits per heavy atom. The minimum Gasteiger partial charge on any atom is -0.481 e. The molecular formula is C19H13ClF3NO4. The van der Waals surface area contributed by atoms with Crippen LogP contribution < -0.4 is 4.74 Å². The van der Waals surface area contributed by atoms with Crippen molar-refractivity contribution >= 4 is 34.3 Å². The predicted molar refractivity (Wildman–Crippen MR) is 95.9 cm³/mol. The van der Waals surface area contributed by atoms with Crippen LogP contribution in [-0.2, 0) is 4.79 Å². The smallest absolute Gasteiger partial charge is 0.481 e. The Kier molecular flexibility index (Phi) is 5.08. The second kappa shape index (κ2) is 7.20. The van der Waals surface area contributed by atoms with Gasteiger partial charge in [-0.15, -0.1) is 13.2 Å². The van der Waals surface area contributed by atoms with Crippen molar-refractivity contribution in [3.8, 4) is 5.75 Å². The maximum Gasteiger partial charge on any atom is 0.573 e. The van der Waals surface area contributed by atoms with Gasteiger partial charge in [-0.3, -0.25) is 9.59 Å². The van der Waals surface area contributed by atoms with E-state index in [0.29, 0.717) is 10.5 Å². The first kappa shape index (κ1) is 19.8. The number of alkyl halides is 3. The van der Waals surface area contributed by atoms with Crippen LogP contribution in [0.2, 0.25) is 5.02 Å². The molecule has 3 rings (SSSR count). The highest BCUT2D eigenvalue weighted by Gasteiger charge is 2.32. The lowest BCUT2D eigenvalue weighted by atomic mass is 9.94. The normalized spacial score (nSPS) is 12.8. The fraction of sp³-hybridized carbons (Fsp3) is 0.158. The maximum absolute atomic E-state index is 12.9. The number of aromatic nitrogens is 1. The molecule has 28 heavy (non-hydrogen) atoms. The molecule has 0 aliphatic carbocycles. The number of nitrogens with one attached hydrogen (secondary N) is 1. The van der Waals surface area contributed by atoms with E-state index in [1.54, 1.807) is 0 Å². The summed E-state index contributed by atoms with van der Waals surface area (Å²) in [6.45, 7) is 1.35. The van der Waals surface area contributed by atoms with E-state index in [1.807, 2.05) is 0 Å². The Balaban J connectivity index is 2.18. The average Bonchev–Trinajstić information content (AvgIpc) is 2.98. The zero-order chi connectivity index (χ0) is 20.6. The molecule has 0 fully saturated rings. The van der Waals surface area contributed by atoms with Gasteiger partial charge in [0.05, 0.1) is 11.6 Å². The number of hydrogen-bond acceptors (Lipinski definition) is 3. The number of carboxylic acid groups (broad SMARTS) is 1. The Hall–Kier alpha value is -3.00. The highest BCUT2D eigenvalue weighted by Crippen LogP contribution is 2.35. The molecule has 0 aliphatic rings. The highest BCUT2D eigenvalue weighted by molar-refractivity contribution is 6.30. The lowest BCUT2D eigenvalue weighted by molar-refractivity contribution is -0.274. The predicted octanol–water partition coefficient (Wildman–Crippen LogP) is 5.14. The van der Waals surface area contributed by atoms with Crippen LogP contribution in [-0.4, -0.2) is 28.2 Å². The van der Waals surface area contributed by atoms with Gasteiger partial charge in [-0.2, -0.15) is 0 Å². The number of rotatable bonds is 5. The Morgan fingerprint density at radius 1 is 1.14 bits per heavy atom. The van der Waals surface area contributed by atoms with Crippen LogP contribution in [0.25, 0.3) is 10.9 Å². The number of aromatic amines is 1. The summed E-state index contributed by atoms with van der Waals surface area (Å²) in [7, 11) is 0. The summed E-state index contributed by atoms with van der Waals surface area (Å²) in [5, 5.41) is 10.0. The number of ketones is 1. The quantitative estimate of drug-likeness (QED) is 0.570. The molecule has 0 spiro atoms. The number of benzene rings is 2. The number of H-pyrrole nitrogens is 1. The van der Waals surface area contributed by atoms with Gasteiger partial charge in [0.15, 0.2) is 0 Å². The van der Waals surface area contributed by atoms with E-state index in [1.165, 1.54) is 37.3 Å². The summed E-state index contributed by atoms with van der Waals surface area (Å²) in [5.41, 5.74) is 0.628. The number of ether oxygens (including phenoxy) is 1. The Labute approximate surface area is 161 Å². The number of carbonyl (C=O) groups is 2. The van der Waals surface area contributed by atoms with Crippen LogP contribution in [0.15, 0.2) is 42.5 Å². The summed E-state index contributed by atoms with van der Waals surface area (Å²) < 4.78 is 41.5. The molecule has 0 bridgehead atoms. The van der Waals surface area contributed by atoms with Crippen molar-refractivity contribution in [2.45, 2.75) is 19.2 Å². The molecule has 9 heteroatoms. The van der Waals surface area contributed by atoms with Crippen LogP contribution in [0, 0.1) is 0 Å². The van der Waals surface area contributed by atoms with Crippen molar-refractivity contribution in [3.63, 3.8) is 0 Å². The van der Waals surface area contributed by atoms with Gasteiger partial charge in [-0.1, -0.05) is 11.6 Å². The SMILES string of the molecule is CC(C(=O)O)c1c(C(=O)c2ccc(Cl)cc2)[nH]c2ccc(OC(F)(F)F)cc12. The number of carboxylic acids is 1. The van der Waals surface area contributed by atoms with Gasteiger partial charge in [0.1, 0.15) is 5.75 Å². The Bertz CT molecular complexity index is 1060. The van der Waals surface area contributed by atoms with Crippen molar-refractivity contribution in [1.82, 2.24) is 4.98 Å². The molecule has 0 saturated carbocycles. The van der Waals surface area contributed by atoms with E-state index >= 15 is 0 Å². The van der Waals surface area contributed by atoms with Crippen LogP contribution >= 0.6 is 11.6 Å². The number of fused-ring (bicyclic) bond motifs is 1. The molecule has 1 unspecified atom stereocenters. The van der Waals surface area contributed by atoms with Gasteiger partial charge < -0.3 is 14.8 Å². The second-order valence-corrected chi connectivity index (χ2v) is 6.50. The average molecular weight is 412 g/mol. The first-order valence-corrected chi connectivity index (χ1v) is 8.39. The molecule has 1 heterocycles. The van der Waals surface area contributed by atoms with Crippen molar-refractivity contribution in [2.75, 3.05) is 0 Å². The molecule has 2 aromatic carbocycles. The molecule has 0 aliphatic heterocycles. The summed E-state index contributed by atoms with van der Waals surface area (Å²) in [4.78, 5) is 27.3. The maximum atomic E-state index is 12.9. The van der Waals surface area contributed by atoms with E-state index in [4.69, 9.17) is 11.6 Å². The van der Waals surface area contributed by atoms with E-state index < -0.39 is 29.8 Å². The zero-order valence-corrected chi connectivity index (χ0v) is 15.1. The molecule has 3 aromatic rings. The van der Waals surface area contributed by atoms with Crippen LogP contribution in [0.4, 0.5) is 13.2 Å². The third kappa shape index (κ3) is 3.96. The van der Waals surface area contributed by atoms with Crippen molar-refractivity contribution < 1.29 is 32.6 Å². The fourth-order valence-electron chi connectivity index (χ4n) is 2.89. The van der Waals surface area contributed by atoms with Gasteiger partial charge in [0.25, 0.3) is 0 Å². The van der Waals surface area contributed by atoms with Gasteiger partial charge in [0, 0.05) is 27.1 Å². The molecule has 0 saturated heterocycles. The molecule has 146 valence electrons. The molecule has 5 nitrogen and oxygen atoms in total. The van der Waals surface area contributed by atoms with Crippen molar-refractivity contribution in [2.24, 2.45) is 0 Å². The largest absolute Gasteiger partial charge is 0.573 e. The number of carbonyl (C=O) groups excluding carboxylic acids is 1. The first-order chi connectivity index (χ1) is 13.1. The Morgan fingerprint density at radius 2 is 1.79 bits per heavy atom. The number of aliphatic carboxylic acids is 1. The third-order valence-electron chi connectivity index (χ3n) is 4.18. The van der Waals surface area contributed by atoms with Crippen molar-refractivity contribution in [1.29, 1.82) is 0 Å². The highest BCUT2D eigenvalue weighted by atomic mass is 35.5.